The second-order valence-corrected chi connectivity index (χ2v) is 7.33. The third-order valence-electron chi connectivity index (χ3n) is 5.14. The molecule has 0 bridgehead atoms. The van der Waals surface area contributed by atoms with E-state index in [1.165, 1.54) is 18.2 Å². The summed E-state index contributed by atoms with van der Waals surface area (Å²) in [6.45, 7) is 2.10. The molecule has 9 heteroatoms. The Morgan fingerprint density at radius 3 is 2.60 bits per heavy atom. The lowest BCUT2D eigenvalue weighted by Gasteiger charge is -2.27. The molecular weight excluding hydrogens is 392 g/mol. The lowest BCUT2D eigenvalue weighted by molar-refractivity contribution is -0.214. The first-order valence-electron chi connectivity index (χ1n) is 10.2. The van der Waals surface area contributed by atoms with Crippen LogP contribution in [-0.2, 0) is 19.3 Å². The van der Waals surface area contributed by atoms with Crippen molar-refractivity contribution in [2.45, 2.75) is 64.3 Å². The van der Waals surface area contributed by atoms with Crippen molar-refractivity contribution in [1.82, 2.24) is 10.2 Å². The fourth-order valence-corrected chi connectivity index (χ4v) is 3.56. The molecule has 3 rings (SSSR count). The first kappa shape index (κ1) is 21.5. The fourth-order valence-electron chi connectivity index (χ4n) is 3.56. The zero-order valence-corrected chi connectivity index (χ0v) is 16.8. The molecule has 0 aliphatic carbocycles. The summed E-state index contributed by atoms with van der Waals surface area (Å²) in [4.78, 5) is 71.7. The summed E-state index contributed by atoms with van der Waals surface area (Å²) in [7, 11) is 0. The van der Waals surface area contributed by atoms with Crippen molar-refractivity contribution in [3.63, 3.8) is 0 Å². The molecule has 2 aliphatic heterocycles. The summed E-state index contributed by atoms with van der Waals surface area (Å²) < 4.78 is 0. The van der Waals surface area contributed by atoms with Gasteiger partial charge >= 0.3 is 5.97 Å². The number of nitrogens with zero attached hydrogens (tertiary/aromatic N) is 1. The molecule has 9 nitrogen and oxygen atoms in total. The van der Waals surface area contributed by atoms with Gasteiger partial charge in [0, 0.05) is 6.42 Å². The normalized spacial score (nSPS) is 18.3. The van der Waals surface area contributed by atoms with Gasteiger partial charge in [0.1, 0.15) is 11.6 Å². The molecule has 2 aliphatic rings. The van der Waals surface area contributed by atoms with Crippen molar-refractivity contribution in [3.8, 4) is 5.75 Å². The third kappa shape index (κ3) is 4.50. The van der Waals surface area contributed by atoms with Gasteiger partial charge in [-0.25, -0.2) is 4.79 Å². The molecule has 1 N–H and O–H groups in total. The van der Waals surface area contributed by atoms with Gasteiger partial charge in [0.15, 0.2) is 5.75 Å². The minimum atomic E-state index is -1.08. The summed E-state index contributed by atoms with van der Waals surface area (Å²) in [6, 6.07) is 3.26. The Morgan fingerprint density at radius 2 is 1.87 bits per heavy atom. The number of imide groups is 2. The van der Waals surface area contributed by atoms with E-state index in [9.17, 15) is 24.0 Å². The zero-order chi connectivity index (χ0) is 21.7. The van der Waals surface area contributed by atoms with Crippen LogP contribution in [0.15, 0.2) is 18.2 Å². The van der Waals surface area contributed by atoms with Gasteiger partial charge in [0.25, 0.3) is 11.8 Å². The van der Waals surface area contributed by atoms with Crippen molar-refractivity contribution in [3.05, 3.63) is 29.3 Å². The average Bonchev–Trinajstić information content (AvgIpc) is 2.97. The second kappa shape index (κ2) is 9.51. The monoisotopic (exact) mass is 416 g/mol. The minimum absolute atomic E-state index is 0.0308. The van der Waals surface area contributed by atoms with E-state index in [4.69, 9.17) is 9.78 Å². The number of unbranched alkanes of at least 4 members (excludes halogenated alkanes) is 4. The Hall–Kier alpha value is -3.23. The lowest BCUT2D eigenvalue weighted by Crippen LogP contribution is -2.54. The molecule has 0 aromatic heterocycles. The van der Waals surface area contributed by atoms with Gasteiger partial charge in [-0.2, -0.15) is 0 Å². The number of carbonyl (C=O) groups excluding carboxylic acids is 5. The van der Waals surface area contributed by atoms with Crippen LogP contribution < -0.4 is 10.2 Å². The maximum absolute atomic E-state index is 12.9. The largest absolute Gasteiger partial charge is 0.355 e. The quantitative estimate of drug-likeness (QED) is 0.284. The zero-order valence-electron chi connectivity index (χ0n) is 16.8. The number of fused-ring (bicyclic) bond motifs is 1. The molecule has 160 valence electrons. The number of hydrogen-bond donors (Lipinski definition) is 1. The van der Waals surface area contributed by atoms with Crippen LogP contribution in [0.3, 0.4) is 0 Å². The number of nitrogens with one attached hydrogen (secondary N) is 1. The van der Waals surface area contributed by atoms with E-state index >= 15 is 0 Å². The topological polar surface area (TPSA) is 119 Å². The highest BCUT2D eigenvalue weighted by molar-refractivity contribution is 6.24. The molecule has 30 heavy (non-hydrogen) atoms. The maximum atomic E-state index is 12.9. The number of amides is 4. The minimum Gasteiger partial charge on any atom is -0.295 e. The molecule has 0 saturated carbocycles. The van der Waals surface area contributed by atoms with Gasteiger partial charge in [0.2, 0.25) is 11.8 Å². The molecule has 1 aromatic carbocycles. The van der Waals surface area contributed by atoms with Crippen molar-refractivity contribution in [2.75, 3.05) is 0 Å². The molecule has 1 aromatic rings. The molecular formula is C21H24N2O7. The van der Waals surface area contributed by atoms with E-state index in [0.29, 0.717) is 6.42 Å². The third-order valence-corrected chi connectivity index (χ3v) is 5.14. The van der Waals surface area contributed by atoms with Gasteiger partial charge in [-0.1, -0.05) is 38.7 Å². The predicted octanol–water partition coefficient (Wildman–Crippen LogP) is 2.29. The van der Waals surface area contributed by atoms with Crippen LogP contribution in [0.1, 0.15) is 79.0 Å². The number of benzene rings is 1. The first-order valence-corrected chi connectivity index (χ1v) is 10.2. The summed E-state index contributed by atoms with van der Waals surface area (Å²) in [5.74, 6) is -3.16. The Morgan fingerprint density at radius 1 is 1.10 bits per heavy atom. The second-order valence-electron chi connectivity index (χ2n) is 7.33. The number of rotatable bonds is 9. The number of carbonyl (C=O) groups is 5. The van der Waals surface area contributed by atoms with Crippen LogP contribution in [0.25, 0.3) is 0 Å². The van der Waals surface area contributed by atoms with Crippen molar-refractivity contribution in [2.24, 2.45) is 0 Å². The standard InChI is InChI=1S/C21H24N2O7/c1-2-3-4-5-6-10-17(25)30-29-15-9-7-8-13-18(15)21(28)23(20(13)27)14-11-12-16(24)22-19(14)26/h7-9,14H,2-6,10-12H2,1H3,(H,22,24,26). The van der Waals surface area contributed by atoms with Crippen molar-refractivity contribution < 1.29 is 33.7 Å². The van der Waals surface area contributed by atoms with Crippen LogP contribution in [0.4, 0.5) is 0 Å². The smallest absolute Gasteiger partial charge is 0.295 e. The van der Waals surface area contributed by atoms with Gasteiger partial charge in [-0.3, -0.25) is 39.2 Å². The SMILES string of the molecule is CCCCCCCC(=O)OOc1cccc2c1C(=O)N(C1CCC(=O)NC1=O)C2=O. The maximum Gasteiger partial charge on any atom is 0.355 e. The summed E-state index contributed by atoms with van der Waals surface area (Å²) >= 11 is 0. The van der Waals surface area contributed by atoms with Gasteiger partial charge < -0.3 is 0 Å². The molecule has 2 heterocycles. The van der Waals surface area contributed by atoms with E-state index in [2.05, 4.69) is 12.2 Å². The average molecular weight is 416 g/mol. The highest BCUT2D eigenvalue weighted by atomic mass is 17.2. The Labute approximate surface area is 173 Å². The molecule has 1 unspecified atom stereocenters. The van der Waals surface area contributed by atoms with E-state index in [1.54, 1.807) is 0 Å². The molecule has 1 fully saturated rings. The number of hydrogen-bond acceptors (Lipinski definition) is 7. The van der Waals surface area contributed by atoms with E-state index in [-0.39, 0.29) is 36.1 Å². The van der Waals surface area contributed by atoms with Crippen LogP contribution in [0.5, 0.6) is 5.75 Å². The van der Waals surface area contributed by atoms with Gasteiger partial charge in [-0.15, -0.1) is 0 Å². The molecule has 1 saturated heterocycles. The molecule has 1 atom stereocenters. The van der Waals surface area contributed by atoms with Crippen LogP contribution in [0, 0.1) is 0 Å². The van der Waals surface area contributed by atoms with Crippen LogP contribution in [-0.4, -0.2) is 40.5 Å². The molecule has 0 radical (unpaired) electrons. The Balaban J connectivity index is 1.66. The first-order chi connectivity index (χ1) is 14.4. The van der Waals surface area contributed by atoms with E-state index in [0.717, 1.165) is 30.6 Å². The van der Waals surface area contributed by atoms with Crippen molar-refractivity contribution >= 4 is 29.6 Å². The highest BCUT2D eigenvalue weighted by Crippen LogP contribution is 2.33. The van der Waals surface area contributed by atoms with Crippen LogP contribution >= 0.6 is 0 Å². The summed E-state index contributed by atoms with van der Waals surface area (Å²) in [5.41, 5.74) is -0.0132. The fraction of sp³-hybridized carbons (Fsp3) is 0.476. The summed E-state index contributed by atoms with van der Waals surface area (Å²) in [6.07, 6.45) is 5.13. The predicted molar refractivity (Wildman–Crippen MR) is 103 cm³/mol. The van der Waals surface area contributed by atoms with Crippen LogP contribution in [0.2, 0.25) is 0 Å². The van der Waals surface area contributed by atoms with E-state index in [1.807, 2.05) is 0 Å². The number of piperidine rings is 1. The van der Waals surface area contributed by atoms with E-state index < -0.39 is 35.6 Å². The summed E-state index contributed by atoms with van der Waals surface area (Å²) in [5, 5.41) is 2.14. The lowest BCUT2D eigenvalue weighted by atomic mass is 10.0. The van der Waals surface area contributed by atoms with Crippen molar-refractivity contribution in [1.29, 1.82) is 0 Å². The Bertz CT molecular complexity index is 880. The Kier molecular flexibility index (Phi) is 6.81. The van der Waals surface area contributed by atoms with Gasteiger partial charge in [0.05, 0.1) is 12.0 Å². The highest BCUT2D eigenvalue weighted by Gasteiger charge is 2.46. The molecule has 4 amide bonds. The van der Waals surface area contributed by atoms with Gasteiger partial charge in [-0.05, 0) is 25.0 Å². The molecule has 0 spiro atoms.